The summed E-state index contributed by atoms with van der Waals surface area (Å²) in [5.41, 5.74) is 0. The van der Waals surface area contributed by atoms with E-state index < -0.39 is 7.80 Å². The van der Waals surface area contributed by atoms with Crippen LogP contribution >= 0.6 is 7.80 Å². The summed E-state index contributed by atoms with van der Waals surface area (Å²) in [4.78, 5) is 0. The molecule has 0 amide bonds. The van der Waals surface area contributed by atoms with Gasteiger partial charge in [0, 0.05) is 57.0 Å². The topological polar surface area (TPSA) is 44.8 Å². The van der Waals surface area contributed by atoms with Gasteiger partial charge in [-0.1, -0.05) is 27.7 Å². The van der Waals surface area contributed by atoms with Gasteiger partial charge in [0.25, 0.3) is 0 Å². The van der Waals surface area contributed by atoms with E-state index in [-0.39, 0.29) is 75.2 Å². The molecule has 7 heteroatoms. The zero-order valence-corrected chi connectivity index (χ0v) is 22.0. The number of hydrogen-bond acceptors (Lipinski definition) is 4. The van der Waals surface area contributed by atoms with E-state index >= 15 is 0 Å². The summed E-state index contributed by atoms with van der Waals surface area (Å²) >= 11 is 0. The van der Waals surface area contributed by atoms with Crippen LogP contribution in [0.15, 0.2) is 0 Å². The Morgan fingerprint density at radius 3 is 2.26 bits per heavy atom. The molecule has 0 aromatic rings. The van der Waals surface area contributed by atoms with Crippen LogP contribution in [-0.2, 0) is 51.5 Å². The maximum absolute atomic E-state index is 12.9. The molecule has 2 rings (SSSR count). The molecule has 0 saturated carbocycles. The average Bonchev–Trinajstić information content (AvgIpc) is 2.97. The fraction of sp³-hybridized carbons (Fsp3) is 1.00. The summed E-state index contributed by atoms with van der Waals surface area (Å²) in [6.45, 7) is 14.9. The van der Waals surface area contributed by atoms with Crippen molar-refractivity contribution in [3.63, 3.8) is 0 Å². The van der Waals surface area contributed by atoms with Gasteiger partial charge in [-0.15, -0.1) is 0 Å². The van der Waals surface area contributed by atoms with E-state index in [0.29, 0.717) is 17.8 Å². The van der Waals surface area contributed by atoms with Crippen molar-refractivity contribution in [1.82, 2.24) is 0 Å². The largest absolute Gasteiger partial charge is 0.384 e. The van der Waals surface area contributed by atoms with Gasteiger partial charge in [0.2, 0.25) is 0 Å². The minimum absolute atomic E-state index is 0. The zero-order valence-electron chi connectivity index (χ0n) is 18.2. The minimum atomic E-state index is -1.69. The Kier molecular flexibility index (Phi) is 11.3. The van der Waals surface area contributed by atoms with E-state index in [0.717, 1.165) is 18.7 Å². The van der Waals surface area contributed by atoms with Gasteiger partial charge in [0.05, 0.1) is 38.3 Å². The van der Waals surface area contributed by atoms with Gasteiger partial charge >= 0.3 is 0 Å². The van der Waals surface area contributed by atoms with Gasteiger partial charge in [0.1, 0.15) is 7.85 Å². The van der Waals surface area contributed by atoms with E-state index in [1.165, 1.54) is 0 Å². The second-order valence-electron chi connectivity index (χ2n) is 9.00. The van der Waals surface area contributed by atoms with E-state index in [1.54, 1.807) is 0 Å². The van der Waals surface area contributed by atoms with Crippen LogP contribution in [0.4, 0.5) is 0 Å². The normalized spacial score (nSPS) is 40.5. The first-order valence-electron chi connectivity index (χ1n) is 10.4. The van der Waals surface area contributed by atoms with E-state index in [1.807, 2.05) is 0 Å². The van der Waals surface area contributed by atoms with Crippen LogP contribution in [-0.4, -0.2) is 56.7 Å². The Balaban J connectivity index is 0.00000364. The predicted octanol–water partition coefficient (Wildman–Crippen LogP) is 3.95. The second-order valence-corrected chi connectivity index (χ2v) is 11.0. The molecule has 0 aromatic carbocycles. The van der Waals surface area contributed by atoms with Crippen LogP contribution in [0.25, 0.3) is 0 Å². The van der Waals surface area contributed by atoms with Gasteiger partial charge in [0.15, 0.2) is 0 Å². The Labute approximate surface area is 193 Å². The first-order valence-corrected chi connectivity index (χ1v) is 12.2. The molecule has 2 fully saturated rings. The molecule has 2 aliphatic heterocycles. The second kappa shape index (κ2) is 11.6. The van der Waals surface area contributed by atoms with Crippen molar-refractivity contribution in [2.24, 2.45) is 23.7 Å². The number of ether oxygens (including phenoxy) is 3. The van der Waals surface area contributed by atoms with Crippen molar-refractivity contribution in [2.45, 2.75) is 91.4 Å². The molecule has 4 nitrogen and oxygen atoms in total. The summed E-state index contributed by atoms with van der Waals surface area (Å²) in [6, 6.07) is -0.231. The number of hydrogen-bond donors (Lipinski definition) is 0. The first kappa shape index (κ1) is 26.3. The van der Waals surface area contributed by atoms with E-state index in [9.17, 15) is 4.57 Å². The maximum Gasteiger partial charge on any atom is 0.109 e. The summed E-state index contributed by atoms with van der Waals surface area (Å²) < 4.78 is 31.0. The van der Waals surface area contributed by atoms with Crippen molar-refractivity contribution in [3.8, 4) is 0 Å². The van der Waals surface area contributed by atoms with Crippen LogP contribution in [0.2, 0.25) is 0 Å². The predicted molar refractivity (Wildman–Crippen MR) is 109 cm³/mol. The molecule has 0 bridgehead atoms. The van der Waals surface area contributed by atoms with Gasteiger partial charge in [-0.2, -0.15) is 0 Å². The quantitative estimate of drug-likeness (QED) is 0.396. The van der Waals surface area contributed by atoms with Crippen LogP contribution in [0.3, 0.4) is 0 Å². The molecule has 27 heavy (non-hydrogen) atoms. The third kappa shape index (κ3) is 6.90. The van der Waals surface area contributed by atoms with Crippen LogP contribution in [0.5, 0.6) is 0 Å². The fourth-order valence-corrected chi connectivity index (χ4v) is 6.35. The van der Waals surface area contributed by atoms with Crippen molar-refractivity contribution >= 4 is 15.6 Å². The molecule has 9 atom stereocenters. The zero-order chi connectivity index (χ0) is 19.6. The summed E-state index contributed by atoms with van der Waals surface area (Å²) in [6.07, 6.45) is 2.91. The van der Waals surface area contributed by atoms with Gasteiger partial charge in [-0.3, -0.25) is 0 Å². The molecule has 0 N–H and O–H groups in total. The standard InChI is InChI=1S/C20H38BO4P.Y/c1-11(2)18-16(14(6)20(21)25-18)10-26(22)9-8-17-19(23-12(3)4)13(5)15(7)24-17;/h11-20,26H,8-10H2,1-7H3;/t13-,14+,15+,16?,17-,18-,19?,20-;/m1./s1. The summed E-state index contributed by atoms with van der Waals surface area (Å²) in [5.74, 6) is 1.32. The smallest absolute Gasteiger partial charge is 0.109 e. The molecule has 0 aromatic heterocycles. The van der Waals surface area contributed by atoms with Gasteiger partial charge < -0.3 is 18.8 Å². The van der Waals surface area contributed by atoms with Crippen LogP contribution in [0, 0.1) is 23.7 Å². The molecule has 153 valence electrons. The molecule has 2 heterocycles. The Bertz CT molecular complexity index is 479. The first-order chi connectivity index (χ1) is 12.1. The van der Waals surface area contributed by atoms with Gasteiger partial charge in [-0.05, 0) is 44.9 Å². The molecular weight excluding hydrogens is 435 g/mol. The van der Waals surface area contributed by atoms with E-state index in [2.05, 4.69) is 48.5 Å². The third-order valence-corrected chi connectivity index (χ3v) is 7.97. The van der Waals surface area contributed by atoms with E-state index in [4.69, 9.17) is 22.1 Å². The fourth-order valence-electron chi connectivity index (χ4n) is 4.41. The monoisotopic (exact) mass is 473 g/mol. The van der Waals surface area contributed by atoms with Crippen molar-refractivity contribution in [2.75, 3.05) is 12.3 Å². The van der Waals surface area contributed by atoms with Gasteiger partial charge in [-0.25, -0.2) is 0 Å². The Hall–Kier alpha value is 1.28. The molecule has 3 unspecified atom stereocenters. The maximum atomic E-state index is 12.9. The molecule has 0 spiro atoms. The third-order valence-electron chi connectivity index (χ3n) is 6.20. The Morgan fingerprint density at radius 1 is 1.07 bits per heavy atom. The summed E-state index contributed by atoms with van der Waals surface area (Å²) in [5, 5.41) is 0. The van der Waals surface area contributed by atoms with Crippen molar-refractivity contribution in [3.05, 3.63) is 0 Å². The molecule has 2 saturated heterocycles. The molecule has 3 radical (unpaired) electrons. The SMILES string of the molecule is [B][C@@H]1O[C@H](C(C)C)C(C[PH](=O)CC[C@H]2O[C@@H](C)[C@@H](C)C2OC(C)C)[C@@H]1C.[Y]. The molecule has 2 aliphatic rings. The van der Waals surface area contributed by atoms with Crippen molar-refractivity contribution < 1.29 is 51.5 Å². The van der Waals surface area contributed by atoms with Crippen molar-refractivity contribution in [1.29, 1.82) is 0 Å². The molecule has 0 aliphatic carbocycles. The molecular formula is C20H38BO4PY. The number of rotatable bonds is 8. The summed E-state index contributed by atoms with van der Waals surface area (Å²) in [7, 11) is 4.40. The minimum Gasteiger partial charge on any atom is -0.384 e. The van der Waals surface area contributed by atoms with Crippen LogP contribution < -0.4 is 0 Å². The average molecular weight is 473 g/mol. The Morgan fingerprint density at radius 2 is 1.70 bits per heavy atom. The van der Waals surface area contributed by atoms with Crippen LogP contribution in [0.1, 0.15) is 54.9 Å².